The molecule has 1 rings (SSSR count). The molecule has 0 unspecified atom stereocenters. The van der Waals surface area contributed by atoms with Crippen LogP contribution >= 0.6 is 0 Å². The number of hydrogen-bond acceptors (Lipinski definition) is 3. The maximum Gasteiger partial charge on any atom is 0.243 e. The van der Waals surface area contributed by atoms with Gasteiger partial charge in [0.1, 0.15) is 0 Å². The number of sulfonamides is 1. The van der Waals surface area contributed by atoms with E-state index in [-0.39, 0.29) is 6.04 Å². The van der Waals surface area contributed by atoms with Crippen molar-refractivity contribution in [2.75, 3.05) is 13.1 Å². The Morgan fingerprint density at radius 1 is 1.21 bits per heavy atom. The first-order chi connectivity index (χ1) is 8.98. The third-order valence-electron chi connectivity index (χ3n) is 3.38. The van der Waals surface area contributed by atoms with Gasteiger partial charge >= 0.3 is 0 Å². The molecule has 0 spiro atoms. The quantitative estimate of drug-likeness (QED) is 0.834. The van der Waals surface area contributed by atoms with Crippen LogP contribution in [0.3, 0.4) is 0 Å². The number of rotatable bonds is 7. The first-order valence-electron chi connectivity index (χ1n) is 6.76. The third kappa shape index (κ3) is 3.55. The zero-order chi connectivity index (χ0) is 14.5. The first kappa shape index (κ1) is 16.1. The molecule has 19 heavy (non-hydrogen) atoms. The average molecular weight is 284 g/mol. The second-order valence-electron chi connectivity index (χ2n) is 4.64. The normalized spacial score (nSPS) is 12.3. The fourth-order valence-electron chi connectivity index (χ4n) is 2.29. The minimum atomic E-state index is -3.46. The highest BCUT2D eigenvalue weighted by molar-refractivity contribution is 7.89. The number of nitrogens with two attached hydrogens (primary N) is 1. The molecule has 0 saturated carbocycles. The molecule has 0 heterocycles. The maximum atomic E-state index is 12.8. The third-order valence-corrected chi connectivity index (χ3v) is 5.49. The van der Waals surface area contributed by atoms with Crippen molar-refractivity contribution in [2.45, 2.75) is 44.6 Å². The van der Waals surface area contributed by atoms with Gasteiger partial charge in [0.25, 0.3) is 0 Å². The molecule has 2 N–H and O–H groups in total. The largest absolute Gasteiger partial charge is 0.329 e. The van der Waals surface area contributed by atoms with Gasteiger partial charge in [-0.1, -0.05) is 32.0 Å². The van der Waals surface area contributed by atoms with Gasteiger partial charge in [0.05, 0.1) is 4.90 Å². The van der Waals surface area contributed by atoms with E-state index in [9.17, 15) is 8.42 Å². The number of hydrogen-bond donors (Lipinski definition) is 1. The van der Waals surface area contributed by atoms with Crippen LogP contribution in [-0.4, -0.2) is 31.9 Å². The summed E-state index contributed by atoms with van der Waals surface area (Å²) in [5.74, 6) is 0. The van der Waals surface area contributed by atoms with Crippen molar-refractivity contribution in [2.24, 2.45) is 5.73 Å². The predicted molar refractivity (Wildman–Crippen MR) is 78.5 cm³/mol. The summed E-state index contributed by atoms with van der Waals surface area (Å²) in [6.07, 6.45) is 1.59. The lowest BCUT2D eigenvalue weighted by Crippen LogP contribution is -2.42. The fraction of sp³-hybridized carbons (Fsp3) is 0.571. The van der Waals surface area contributed by atoms with E-state index in [0.717, 1.165) is 18.4 Å². The second kappa shape index (κ2) is 7.03. The summed E-state index contributed by atoms with van der Waals surface area (Å²) in [7, 11) is -3.46. The van der Waals surface area contributed by atoms with Crippen LogP contribution in [0.2, 0.25) is 0 Å². The Labute approximate surface area is 116 Å². The van der Waals surface area contributed by atoms with E-state index in [1.165, 1.54) is 0 Å². The molecule has 0 bridgehead atoms. The van der Waals surface area contributed by atoms with Gasteiger partial charge in [-0.15, -0.1) is 0 Å². The molecule has 5 heteroatoms. The molecule has 0 aliphatic rings. The van der Waals surface area contributed by atoms with Gasteiger partial charge in [-0.3, -0.25) is 0 Å². The molecule has 0 aliphatic carbocycles. The fourth-order valence-corrected chi connectivity index (χ4v) is 4.31. The molecule has 4 nitrogen and oxygen atoms in total. The molecule has 0 aliphatic heterocycles. The van der Waals surface area contributed by atoms with Crippen LogP contribution in [0.5, 0.6) is 0 Å². The molecule has 0 atom stereocenters. The number of benzene rings is 1. The zero-order valence-electron chi connectivity index (χ0n) is 12.0. The number of nitrogens with zero attached hydrogens (tertiary/aromatic N) is 1. The van der Waals surface area contributed by atoms with Gasteiger partial charge in [0.2, 0.25) is 10.0 Å². The topological polar surface area (TPSA) is 63.4 Å². The van der Waals surface area contributed by atoms with Crippen molar-refractivity contribution in [1.29, 1.82) is 0 Å². The van der Waals surface area contributed by atoms with Crippen LogP contribution in [-0.2, 0) is 10.0 Å². The van der Waals surface area contributed by atoms with Gasteiger partial charge in [0, 0.05) is 19.1 Å². The summed E-state index contributed by atoms with van der Waals surface area (Å²) in [6, 6.07) is 7.09. The summed E-state index contributed by atoms with van der Waals surface area (Å²) in [5.41, 5.74) is 6.36. The van der Waals surface area contributed by atoms with E-state index in [2.05, 4.69) is 0 Å². The van der Waals surface area contributed by atoms with Crippen LogP contribution in [0.1, 0.15) is 32.3 Å². The van der Waals surface area contributed by atoms with Gasteiger partial charge in [-0.05, 0) is 31.4 Å². The average Bonchev–Trinajstić information content (AvgIpc) is 2.39. The van der Waals surface area contributed by atoms with E-state index in [1.807, 2.05) is 32.9 Å². The summed E-state index contributed by atoms with van der Waals surface area (Å²) in [5, 5.41) is 0. The molecule has 0 amide bonds. The zero-order valence-corrected chi connectivity index (χ0v) is 12.8. The predicted octanol–water partition coefficient (Wildman–Crippen LogP) is 2.13. The van der Waals surface area contributed by atoms with E-state index >= 15 is 0 Å². The minimum Gasteiger partial charge on any atom is -0.329 e. The lowest BCUT2D eigenvalue weighted by molar-refractivity contribution is 0.309. The molecule has 0 aromatic heterocycles. The Kier molecular flexibility index (Phi) is 5.97. The van der Waals surface area contributed by atoms with Crippen molar-refractivity contribution >= 4 is 10.0 Å². The van der Waals surface area contributed by atoms with E-state index in [1.54, 1.807) is 16.4 Å². The van der Waals surface area contributed by atoms with E-state index in [0.29, 0.717) is 18.0 Å². The summed E-state index contributed by atoms with van der Waals surface area (Å²) >= 11 is 0. The van der Waals surface area contributed by atoms with Crippen molar-refractivity contribution in [1.82, 2.24) is 4.31 Å². The summed E-state index contributed by atoms with van der Waals surface area (Å²) in [4.78, 5) is 0.385. The Morgan fingerprint density at radius 3 is 2.26 bits per heavy atom. The van der Waals surface area contributed by atoms with Crippen molar-refractivity contribution in [3.8, 4) is 0 Å². The van der Waals surface area contributed by atoms with Crippen LogP contribution in [0, 0.1) is 6.92 Å². The van der Waals surface area contributed by atoms with Gasteiger partial charge in [-0.25, -0.2) is 8.42 Å². The van der Waals surface area contributed by atoms with Gasteiger partial charge in [0.15, 0.2) is 0 Å². The summed E-state index contributed by atoms with van der Waals surface area (Å²) in [6.45, 7) is 6.53. The standard InChI is InChI=1S/C14H24N2O2S/c1-4-13(5-2)16(11-10-15)19(17,18)14-9-7-6-8-12(14)3/h6-9,13H,4-5,10-11,15H2,1-3H3. The van der Waals surface area contributed by atoms with Crippen molar-refractivity contribution in [3.05, 3.63) is 29.8 Å². The highest BCUT2D eigenvalue weighted by Gasteiger charge is 2.29. The maximum absolute atomic E-state index is 12.8. The molecule has 0 fully saturated rings. The Morgan fingerprint density at radius 2 is 1.79 bits per heavy atom. The molecular weight excluding hydrogens is 260 g/mol. The Hall–Kier alpha value is -0.910. The number of aryl methyl sites for hydroxylation is 1. The van der Waals surface area contributed by atoms with Crippen molar-refractivity contribution in [3.63, 3.8) is 0 Å². The molecule has 1 aromatic rings. The highest BCUT2D eigenvalue weighted by Crippen LogP contribution is 2.23. The minimum absolute atomic E-state index is 0.00755. The summed E-state index contributed by atoms with van der Waals surface area (Å²) < 4.78 is 27.1. The van der Waals surface area contributed by atoms with E-state index in [4.69, 9.17) is 5.73 Å². The molecule has 108 valence electrons. The monoisotopic (exact) mass is 284 g/mol. The highest BCUT2D eigenvalue weighted by atomic mass is 32.2. The van der Waals surface area contributed by atoms with Gasteiger partial charge < -0.3 is 5.73 Å². The lowest BCUT2D eigenvalue weighted by atomic mass is 10.2. The molecule has 0 saturated heterocycles. The van der Waals surface area contributed by atoms with Crippen molar-refractivity contribution < 1.29 is 8.42 Å². The SMILES string of the molecule is CCC(CC)N(CCN)S(=O)(=O)c1ccccc1C. The Bertz CT molecular complexity index is 496. The Balaban J connectivity index is 3.24. The first-order valence-corrected chi connectivity index (χ1v) is 8.20. The van der Waals surface area contributed by atoms with Crippen LogP contribution < -0.4 is 5.73 Å². The second-order valence-corrected chi connectivity index (χ2v) is 6.50. The van der Waals surface area contributed by atoms with Crippen LogP contribution in [0.25, 0.3) is 0 Å². The van der Waals surface area contributed by atoms with E-state index < -0.39 is 10.0 Å². The lowest BCUT2D eigenvalue weighted by Gasteiger charge is -2.29. The molecule has 1 aromatic carbocycles. The molecule has 0 radical (unpaired) electrons. The van der Waals surface area contributed by atoms with Crippen LogP contribution in [0.15, 0.2) is 29.2 Å². The smallest absolute Gasteiger partial charge is 0.243 e. The van der Waals surface area contributed by atoms with Crippen LogP contribution in [0.4, 0.5) is 0 Å². The molecular formula is C14H24N2O2S. The van der Waals surface area contributed by atoms with Gasteiger partial charge in [-0.2, -0.15) is 4.31 Å².